The zero-order valence-corrected chi connectivity index (χ0v) is 12.8. The first kappa shape index (κ1) is 15.9. The Morgan fingerprint density at radius 1 is 1.14 bits per heavy atom. The van der Waals surface area contributed by atoms with E-state index < -0.39 is 11.4 Å². The Morgan fingerprint density at radius 3 is 2.24 bits per heavy atom. The molecule has 4 N–H and O–H groups in total. The van der Waals surface area contributed by atoms with E-state index in [1.807, 2.05) is 30.3 Å². The minimum atomic E-state index is -1.08. The number of hydrogen-bond acceptors (Lipinski definition) is 4. The Hall–Kier alpha value is -1.43. The van der Waals surface area contributed by atoms with E-state index in [4.69, 9.17) is 11.5 Å². The van der Waals surface area contributed by atoms with E-state index in [1.54, 1.807) is 0 Å². The smallest absolute Gasteiger partial charge is 0.242 e. The van der Waals surface area contributed by atoms with Crippen LogP contribution in [0.4, 0.5) is 0 Å². The zero-order valence-electron chi connectivity index (χ0n) is 12.8. The summed E-state index contributed by atoms with van der Waals surface area (Å²) >= 11 is 0. The number of nitrogens with two attached hydrogens (primary N) is 2. The van der Waals surface area contributed by atoms with Crippen molar-refractivity contribution in [2.24, 2.45) is 11.5 Å². The van der Waals surface area contributed by atoms with Crippen molar-refractivity contribution < 1.29 is 4.79 Å². The van der Waals surface area contributed by atoms with Gasteiger partial charge < -0.3 is 21.3 Å². The van der Waals surface area contributed by atoms with Gasteiger partial charge in [-0.25, -0.2) is 0 Å². The normalized spacial score (nSPS) is 20.1. The molecule has 0 saturated carbocycles. The van der Waals surface area contributed by atoms with Crippen molar-refractivity contribution in [2.75, 3.05) is 39.3 Å². The van der Waals surface area contributed by atoms with Gasteiger partial charge in [0.05, 0.1) is 0 Å². The maximum Gasteiger partial charge on any atom is 0.242 e. The number of rotatable bonds is 6. The first-order valence-electron chi connectivity index (χ1n) is 7.65. The van der Waals surface area contributed by atoms with Crippen molar-refractivity contribution in [3.8, 4) is 0 Å². The van der Waals surface area contributed by atoms with Crippen LogP contribution >= 0.6 is 0 Å². The highest BCUT2D eigenvalue weighted by Crippen LogP contribution is 2.22. The molecule has 1 amide bonds. The molecule has 0 bridgehead atoms. The molecule has 1 aliphatic rings. The molecule has 0 radical (unpaired) electrons. The monoisotopic (exact) mass is 290 g/mol. The highest BCUT2D eigenvalue weighted by molar-refractivity contribution is 5.85. The fourth-order valence-electron chi connectivity index (χ4n) is 2.81. The van der Waals surface area contributed by atoms with E-state index in [1.165, 1.54) is 0 Å². The second-order valence-electron chi connectivity index (χ2n) is 5.73. The lowest BCUT2D eigenvalue weighted by Gasteiger charge is -2.36. The summed E-state index contributed by atoms with van der Waals surface area (Å²) in [6, 6.07) is 9.44. The van der Waals surface area contributed by atoms with Crippen LogP contribution < -0.4 is 11.5 Å². The zero-order chi connectivity index (χ0) is 15.3. The number of benzene rings is 1. The molecule has 1 heterocycles. The lowest BCUT2D eigenvalue weighted by molar-refractivity contribution is -0.123. The molecule has 1 saturated heterocycles. The van der Waals surface area contributed by atoms with Crippen LogP contribution in [-0.2, 0) is 10.3 Å². The van der Waals surface area contributed by atoms with Crippen LogP contribution in [0, 0.1) is 0 Å². The van der Waals surface area contributed by atoms with Gasteiger partial charge in [0.15, 0.2) is 0 Å². The predicted molar refractivity (Wildman–Crippen MR) is 84.7 cm³/mol. The Balaban J connectivity index is 1.97. The molecule has 21 heavy (non-hydrogen) atoms. The summed E-state index contributed by atoms with van der Waals surface area (Å²) in [4.78, 5) is 16.7. The maximum absolute atomic E-state index is 11.9. The second-order valence-corrected chi connectivity index (χ2v) is 5.73. The lowest BCUT2D eigenvalue weighted by Crippen LogP contribution is -2.53. The van der Waals surface area contributed by atoms with Crippen LogP contribution in [0.3, 0.4) is 0 Å². The maximum atomic E-state index is 11.9. The molecular weight excluding hydrogens is 264 g/mol. The summed E-state index contributed by atoms with van der Waals surface area (Å²) in [5, 5.41) is 0. The molecule has 116 valence electrons. The molecular formula is C16H26N4O. The first-order valence-corrected chi connectivity index (χ1v) is 7.65. The van der Waals surface area contributed by atoms with Crippen molar-refractivity contribution in [3.63, 3.8) is 0 Å². The molecule has 1 fully saturated rings. The van der Waals surface area contributed by atoms with Crippen LogP contribution in [-0.4, -0.2) is 55.0 Å². The van der Waals surface area contributed by atoms with Crippen LogP contribution in [0.2, 0.25) is 0 Å². The van der Waals surface area contributed by atoms with Gasteiger partial charge in [-0.05, 0) is 18.5 Å². The number of amides is 1. The molecule has 0 spiro atoms. The summed E-state index contributed by atoms with van der Waals surface area (Å²) < 4.78 is 0. The molecule has 1 aliphatic heterocycles. The van der Waals surface area contributed by atoms with Gasteiger partial charge in [0, 0.05) is 32.7 Å². The van der Waals surface area contributed by atoms with Gasteiger partial charge in [-0.2, -0.15) is 0 Å². The summed E-state index contributed by atoms with van der Waals surface area (Å²) in [7, 11) is 0. The van der Waals surface area contributed by atoms with Crippen molar-refractivity contribution >= 4 is 5.91 Å². The number of nitrogens with zero attached hydrogens (tertiary/aromatic N) is 2. The van der Waals surface area contributed by atoms with Gasteiger partial charge in [-0.1, -0.05) is 37.3 Å². The molecule has 2 rings (SSSR count). The first-order chi connectivity index (χ1) is 10.1. The largest absolute Gasteiger partial charge is 0.368 e. The predicted octanol–water partition coefficient (Wildman–Crippen LogP) is 0.354. The average molecular weight is 290 g/mol. The van der Waals surface area contributed by atoms with Crippen molar-refractivity contribution in [1.29, 1.82) is 0 Å². The third-order valence-electron chi connectivity index (χ3n) is 4.46. The van der Waals surface area contributed by atoms with Gasteiger partial charge in [0.2, 0.25) is 5.91 Å². The highest BCUT2D eigenvalue weighted by atomic mass is 16.1. The number of hydrogen-bond donors (Lipinski definition) is 2. The van der Waals surface area contributed by atoms with E-state index >= 15 is 0 Å². The Kier molecular flexibility index (Phi) is 5.33. The van der Waals surface area contributed by atoms with Crippen LogP contribution in [0.1, 0.15) is 18.9 Å². The SMILES string of the molecule is CCN1CCN(CCC(N)(C(N)=O)c2ccccc2)CC1. The number of carbonyl (C=O) groups excluding carboxylic acids is 1. The summed E-state index contributed by atoms with van der Waals surface area (Å²) in [5.74, 6) is -0.458. The van der Waals surface area contributed by atoms with Gasteiger partial charge in [0.1, 0.15) is 5.54 Å². The number of carbonyl (C=O) groups is 1. The number of piperazine rings is 1. The lowest BCUT2D eigenvalue weighted by atomic mass is 9.86. The fourth-order valence-corrected chi connectivity index (χ4v) is 2.81. The quantitative estimate of drug-likeness (QED) is 0.793. The Morgan fingerprint density at radius 2 is 1.71 bits per heavy atom. The van der Waals surface area contributed by atoms with Crippen LogP contribution in [0.15, 0.2) is 30.3 Å². The minimum absolute atomic E-state index is 0.458. The molecule has 0 aliphatic carbocycles. The van der Waals surface area contributed by atoms with E-state index in [-0.39, 0.29) is 0 Å². The van der Waals surface area contributed by atoms with Gasteiger partial charge >= 0.3 is 0 Å². The van der Waals surface area contributed by atoms with E-state index in [2.05, 4.69) is 16.7 Å². The molecule has 5 heteroatoms. The molecule has 1 atom stereocenters. The van der Waals surface area contributed by atoms with E-state index in [9.17, 15) is 4.79 Å². The number of primary amides is 1. The second kappa shape index (κ2) is 7.02. The van der Waals surface area contributed by atoms with Gasteiger partial charge in [-0.3, -0.25) is 4.79 Å². The van der Waals surface area contributed by atoms with Crippen molar-refractivity contribution in [3.05, 3.63) is 35.9 Å². The standard InChI is InChI=1S/C16H26N4O/c1-2-19-10-12-20(13-11-19)9-8-16(18,15(17)21)14-6-4-3-5-7-14/h3-7H,2,8-13,18H2,1H3,(H2,17,21). The van der Waals surface area contributed by atoms with E-state index in [0.717, 1.165) is 44.8 Å². The van der Waals surface area contributed by atoms with Crippen molar-refractivity contribution in [1.82, 2.24) is 9.80 Å². The average Bonchev–Trinajstić information content (AvgIpc) is 2.53. The fraction of sp³-hybridized carbons (Fsp3) is 0.562. The third kappa shape index (κ3) is 3.81. The molecule has 0 aromatic heterocycles. The van der Waals surface area contributed by atoms with Gasteiger partial charge in [0.25, 0.3) is 0 Å². The number of likely N-dealkylation sites (N-methyl/N-ethyl adjacent to an activating group) is 1. The van der Waals surface area contributed by atoms with E-state index in [0.29, 0.717) is 6.42 Å². The van der Waals surface area contributed by atoms with Crippen LogP contribution in [0.5, 0.6) is 0 Å². The van der Waals surface area contributed by atoms with Crippen molar-refractivity contribution in [2.45, 2.75) is 18.9 Å². The Bertz CT molecular complexity index is 457. The molecule has 1 aromatic rings. The third-order valence-corrected chi connectivity index (χ3v) is 4.46. The Labute approximate surface area is 126 Å². The highest BCUT2D eigenvalue weighted by Gasteiger charge is 2.34. The molecule has 5 nitrogen and oxygen atoms in total. The summed E-state index contributed by atoms with van der Waals surface area (Å²) in [6.07, 6.45) is 0.554. The minimum Gasteiger partial charge on any atom is -0.368 e. The molecule has 1 aromatic carbocycles. The topological polar surface area (TPSA) is 75.6 Å². The van der Waals surface area contributed by atoms with Crippen LogP contribution in [0.25, 0.3) is 0 Å². The summed E-state index contributed by atoms with van der Waals surface area (Å²) in [5.41, 5.74) is 11.6. The molecule has 1 unspecified atom stereocenters. The summed E-state index contributed by atoms with van der Waals surface area (Å²) in [6.45, 7) is 8.29. The van der Waals surface area contributed by atoms with Gasteiger partial charge in [-0.15, -0.1) is 0 Å².